The summed E-state index contributed by atoms with van der Waals surface area (Å²) in [4.78, 5) is 15.6. The largest absolute Gasteiger partial charge is 0.466 e. The number of nitrogens with zero attached hydrogens (tertiary/aromatic N) is 1. The van der Waals surface area contributed by atoms with Gasteiger partial charge in [0.1, 0.15) is 0 Å². The SMILES string of the molecule is CCNC(=NCc1ccc(C(F)(F)F)cc1)NCCCC(=O)OCC. The Kier molecular flexibility index (Phi) is 8.80. The number of nitrogens with one attached hydrogen (secondary N) is 2. The molecule has 1 aromatic rings. The van der Waals surface area contributed by atoms with Crippen LogP contribution in [0, 0.1) is 0 Å². The van der Waals surface area contributed by atoms with Crippen LogP contribution in [-0.4, -0.2) is 31.6 Å². The fourth-order valence-electron chi connectivity index (χ4n) is 1.98. The van der Waals surface area contributed by atoms with Gasteiger partial charge in [-0.2, -0.15) is 13.2 Å². The molecule has 8 heteroatoms. The van der Waals surface area contributed by atoms with E-state index in [2.05, 4.69) is 15.6 Å². The monoisotopic (exact) mass is 359 g/mol. The van der Waals surface area contributed by atoms with Crippen molar-refractivity contribution in [2.24, 2.45) is 4.99 Å². The van der Waals surface area contributed by atoms with E-state index >= 15 is 0 Å². The zero-order chi connectivity index (χ0) is 18.7. The Morgan fingerprint density at radius 1 is 1.16 bits per heavy atom. The van der Waals surface area contributed by atoms with E-state index in [1.165, 1.54) is 12.1 Å². The molecule has 0 aliphatic carbocycles. The standard InChI is InChI=1S/C17H24F3N3O2/c1-3-21-16(22-11-5-6-15(24)25-4-2)23-12-13-7-9-14(10-8-13)17(18,19)20/h7-10H,3-6,11-12H2,1-2H3,(H2,21,22,23). The fourth-order valence-corrected chi connectivity index (χ4v) is 1.98. The summed E-state index contributed by atoms with van der Waals surface area (Å²) in [5.41, 5.74) is 0.000883. The second kappa shape index (κ2) is 10.6. The van der Waals surface area contributed by atoms with Crippen LogP contribution in [0.4, 0.5) is 13.2 Å². The Balaban J connectivity index is 2.50. The number of esters is 1. The van der Waals surface area contributed by atoms with Gasteiger partial charge >= 0.3 is 12.1 Å². The first kappa shape index (κ1) is 20.8. The maximum absolute atomic E-state index is 12.5. The van der Waals surface area contributed by atoms with Crippen LogP contribution in [0.2, 0.25) is 0 Å². The van der Waals surface area contributed by atoms with Crippen LogP contribution in [0.5, 0.6) is 0 Å². The number of guanidine groups is 1. The van der Waals surface area contributed by atoms with Gasteiger partial charge in [0.2, 0.25) is 0 Å². The average molecular weight is 359 g/mol. The molecule has 0 aliphatic rings. The van der Waals surface area contributed by atoms with Crippen molar-refractivity contribution in [3.63, 3.8) is 0 Å². The van der Waals surface area contributed by atoms with Crippen molar-refractivity contribution in [1.29, 1.82) is 0 Å². The van der Waals surface area contributed by atoms with Crippen LogP contribution in [0.25, 0.3) is 0 Å². The predicted molar refractivity (Wildman–Crippen MR) is 90.1 cm³/mol. The number of aliphatic imine (C=N–C) groups is 1. The molecule has 0 bridgehead atoms. The van der Waals surface area contributed by atoms with E-state index in [4.69, 9.17) is 4.74 Å². The molecular weight excluding hydrogens is 335 g/mol. The molecule has 0 spiro atoms. The molecule has 0 heterocycles. The van der Waals surface area contributed by atoms with Crippen LogP contribution in [0.15, 0.2) is 29.3 Å². The molecule has 1 aromatic carbocycles. The van der Waals surface area contributed by atoms with E-state index in [1.54, 1.807) is 6.92 Å². The van der Waals surface area contributed by atoms with Crippen LogP contribution in [-0.2, 0) is 22.3 Å². The van der Waals surface area contributed by atoms with Gasteiger partial charge in [-0.3, -0.25) is 4.79 Å². The van der Waals surface area contributed by atoms with Gasteiger partial charge in [0, 0.05) is 19.5 Å². The number of ether oxygens (including phenoxy) is 1. The summed E-state index contributed by atoms with van der Waals surface area (Å²) in [6.07, 6.45) is -3.42. The van der Waals surface area contributed by atoms with Crippen molar-refractivity contribution in [2.75, 3.05) is 19.7 Å². The first-order valence-corrected chi connectivity index (χ1v) is 8.20. The molecule has 0 radical (unpaired) electrons. The van der Waals surface area contributed by atoms with E-state index < -0.39 is 11.7 Å². The third-order valence-corrected chi connectivity index (χ3v) is 3.20. The number of benzene rings is 1. The Morgan fingerprint density at radius 3 is 2.40 bits per heavy atom. The third kappa shape index (κ3) is 8.42. The Bertz CT molecular complexity index is 557. The molecule has 5 nitrogen and oxygen atoms in total. The van der Waals surface area contributed by atoms with E-state index in [9.17, 15) is 18.0 Å². The highest BCUT2D eigenvalue weighted by Crippen LogP contribution is 2.29. The normalized spacial score (nSPS) is 12.0. The number of rotatable bonds is 8. The minimum Gasteiger partial charge on any atom is -0.466 e. The second-order valence-electron chi connectivity index (χ2n) is 5.23. The first-order chi connectivity index (χ1) is 11.9. The van der Waals surface area contributed by atoms with Crippen LogP contribution in [0.1, 0.15) is 37.8 Å². The van der Waals surface area contributed by atoms with Crippen LogP contribution in [0.3, 0.4) is 0 Å². The highest BCUT2D eigenvalue weighted by atomic mass is 19.4. The summed E-state index contributed by atoms with van der Waals surface area (Å²) in [6, 6.07) is 4.92. The molecule has 0 saturated carbocycles. The summed E-state index contributed by atoms with van der Waals surface area (Å²) in [5.74, 6) is 0.308. The van der Waals surface area contributed by atoms with Gasteiger partial charge < -0.3 is 15.4 Å². The van der Waals surface area contributed by atoms with Crippen molar-refractivity contribution in [2.45, 2.75) is 39.4 Å². The van der Waals surface area contributed by atoms with Gasteiger partial charge in [0.25, 0.3) is 0 Å². The quantitative estimate of drug-likeness (QED) is 0.324. The molecule has 0 atom stereocenters. The predicted octanol–water partition coefficient (Wildman–Crippen LogP) is 3.10. The lowest BCUT2D eigenvalue weighted by molar-refractivity contribution is -0.143. The summed E-state index contributed by atoms with van der Waals surface area (Å²) in [7, 11) is 0. The number of hydrogen-bond donors (Lipinski definition) is 2. The van der Waals surface area contributed by atoms with Crippen molar-refractivity contribution in [3.8, 4) is 0 Å². The van der Waals surface area contributed by atoms with E-state index in [1.807, 2.05) is 6.92 Å². The number of alkyl halides is 3. The van der Waals surface area contributed by atoms with Crippen LogP contribution >= 0.6 is 0 Å². The molecule has 25 heavy (non-hydrogen) atoms. The van der Waals surface area contributed by atoms with Crippen molar-refractivity contribution >= 4 is 11.9 Å². The zero-order valence-electron chi connectivity index (χ0n) is 14.4. The Labute approximate surface area is 145 Å². The van der Waals surface area contributed by atoms with Crippen LogP contribution < -0.4 is 10.6 Å². The van der Waals surface area contributed by atoms with Crippen molar-refractivity contribution < 1.29 is 22.7 Å². The first-order valence-electron chi connectivity index (χ1n) is 8.20. The number of halogens is 3. The molecule has 0 amide bonds. The molecule has 140 valence electrons. The number of carbonyl (C=O) groups excluding carboxylic acids is 1. The molecule has 0 unspecified atom stereocenters. The third-order valence-electron chi connectivity index (χ3n) is 3.20. The molecule has 0 aliphatic heterocycles. The maximum atomic E-state index is 12.5. The van der Waals surface area contributed by atoms with E-state index in [-0.39, 0.29) is 12.5 Å². The van der Waals surface area contributed by atoms with Crippen molar-refractivity contribution in [3.05, 3.63) is 35.4 Å². The maximum Gasteiger partial charge on any atom is 0.416 e. The zero-order valence-corrected chi connectivity index (χ0v) is 14.4. The van der Waals surface area contributed by atoms with Gasteiger partial charge in [-0.1, -0.05) is 12.1 Å². The lowest BCUT2D eigenvalue weighted by Gasteiger charge is -2.11. The van der Waals surface area contributed by atoms with Gasteiger partial charge in [-0.15, -0.1) is 0 Å². The molecule has 0 aromatic heterocycles. The molecule has 0 fully saturated rings. The van der Waals surface area contributed by atoms with Gasteiger partial charge in [-0.05, 0) is 38.0 Å². The lowest BCUT2D eigenvalue weighted by Crippen LogP contribution is -2.37. The smallest absolute Gasteiger partial charge is 0.416 e. The molecule has 1 rings (SSSR count). The van der Waals surface area contributed by atoms with Crippen molar-refractivity contribution in [1.82, 2.24) is 10.6 Å². The number of carbonyl (C=O) groups is 1. The summed E-state index contributed by atoms with van der Waals surface area (Å²) >= 11 is 0. The highest BCUT2D eigenvalue weighted by molar-refractivity contribution is 5.79. The summed E-state index contributed by atoms with van der Waals surface area (Å²) in [5, 5.41) is 6.12. The fraction of sp³-hybridized carbons (Fsp3) is 0.529. The topological polar surface area (TPSA) is 62.7 Å². The van der Waals surface area contributed by atoms with E-state index in [0.29, 0.717) is 44.1 Å². The second-order valence-corrected chi connectivity index (χ2v) is 5.23. The minimum absolute atomic E-state index is 0.240. The van der Waals surface area contributed by atoms with Gasteiger partial charge in [-0.25, -0.2) is 4.99 Å². The Hall–Kier alpha value is -2.25. The molecule has 2 N–H and O–H groups in total. The molecular formula is C17H24F3N3O2. The summed E-state index contributed by atoms with van der Waals surface area (Å²) < 4.78 is 42.4. The van der Waals surface area contributed by atoms with Gasteiger partial charge in [0.05, 0.1) is 18.7 Å². The molecule has 0 saturated heterocycles. The van der Waals surface area contributed by atoms with Gasteiger partial charge in [0.15, 0.2) is 5.96 Å². The Morgan fingerprint density at radius 2 is 1.84 bits per heavy atom. The average Bonchev–Trinajstić information content (AvgIpc) is 2.56. The minimum atomic E-state index is -4.34. The lowest BCUT2D eigenvalue weighted by atomic mass is 10.1. The highest BCUT2D eigenvalue weighted by Gasteiger charge is 2.29. The van der Waals surface area contributed by atoms with E-state index in [0.717, 1.165) is 12.1 Å². The number of hydrogen-bond acceptors (Lipinski definition) is 3. The summed E-state index contributed by atoms with van der Waals surface area (Å²) in [6.45, 7) is 5.48.